The number of hydrogen-bond donors (Lipinski definition) is 2. The van der Waals surface area contributed by atoms with Gasteiger partial charge in [0.25, 0.3) is 5.91 Å². The Balaban J connectivity index is 1.63. The van der Waals surface area contributed by atoms with E-state index in [0.717, 1.165) is 16.5 Å². The number of hydrogen-bond acceptors (Lipinski definition) is 3. The number of rotatable bonds is 6. The third-order valence-corrected chi connectivity index (χ3v) is 5.66. The van der Waals surface area contributed by atoms with E-state index >= 15 is 0 Å². The normalized spacial score (nSPS) is 12.0. The lowest BCUT2D eigenvalue weighted by molar-refractivity contribution is 0.0690. The number of carbonyl (C=O) groups is 2. The summed E-state index contributed by atoms with van der Waals surface area (Å²) in [6.07, 6.45) is 3.37. The molecule has 0 spiro atoms. The predicted molar refractivity (Wildman–Crippen MR) is 125 cm³/mol. The fraction of sp³-hybridized carbons (Fsp3) is 0.125. The van der Waals surface area contributed by atoms with Gasteiger partial charge in [0.1, 0.15) is 5.69 Å². The highest BCUT2D eigenvalue weighted by atomic mass is 35.5. The Hall–Kier alpha value is -3.35. The smallest absolute Gasteiger partial charge is 0.354 e. The summed E-state index contributed by atoms with van der Waals surface area (Å²) < 4.78 is 2.00. The number of carboxylic acid groups (broad SMARTS) is 1. The van der Waals surface area contributed by atoms with E-state index in [2.05, 4.69) is 10.3 Å². The first-order valence-electron chi connectivity index (χ1n) is 9.85. The van der Waals surface area contributed by atoms with E-state index in [1.54, 1.807) is 12.1 Å². The summed E-state index contributed by atoms with van der Waals surface area (Å²) in [6.45, 7) is 2.38. The number of aromatic nitrogens is 2. The quantitative estimate of drug-likeness (QED) is 0.387. The fourth-order valence-corrected chi connectivity index (χ4v) is 3.90. The summed E-state index contributed by atoms with van der Waals surface area (Å²) in [5, 5.41) is 13.9. The van der Waals surface area contributed by atoms with Gasteiger partial charge in [0.05, 0.1) is 17.1 Å². The van der Waals surface area contributed by atoms with E-state index in [1.807, 2.05) is 54.1 Å². The van der Waals surface area contributed by atoms with Gasteiger partial charge in [-0.3, -0.25) is 4.79 Å². The minimum absolute atomic E-state index is 0.0520. The van der Waals surface area contributed by atoms with Gasteiger partial charge >= 0.3 is 5.97 Å². The largest absolute Gasteiger partial charge is 0.477 e. The van der Waals surface area contributed by atoms with Gasteiger partial charge in [0.15, 0.2) is 0 Å². The second-order valence-electron chi connectivity index (χ2n) is 7.44. The molecule has 0 aliphatic heterocycles. The van der Waals surface area contributed by atoms with Crippen LogP contribution in [0.15, 0.2) is 67.0 Å². The Labute approximate surface area is 194 Å². The standard InChI is InChI=1S/C24H19Cl2N3O3/c1-14(17-4-7-21(24(31)32)27-12-17)28-23(30)20-11-19(26)10-16-8-9-29(22(16)20)13-15-2-5-18(25)6-3-15/h2-12,14H,13H2,1H3,(H,28,30)(H,31,32). The first kappa shape index (κ1) is 21.9. The highest BCUT2D eigenvalue weighted by Crippen LogP contribution is 2.27. The van der Waals surface area contributed by atoms with Crippen LogP contribution in [0.5, 0.6) is 0 Å². The summed E-state index contributed by atoms with van der Waals surface area (Å²) in [5.41, 5.74) is 2.91. The van der Waals surface area contributed by atoms with Crippen molar-refractivity contribution in [2.24, 2.45) is 0 Å². The maximum Gasteiger partial charge on any atom is 0.354 e. The summed E-state index contributed by atoms with van der Waals surface area (Å²) in [6, 6.07) is 15.6. The summed E-state index contributed by atoms with van der Waals surface area (Å²) in [5.74, 6) is -1.39. The number of halogens is 2. The third-order valence-electron chi connectivity index (χ3n) is 5.19. The molecule has 0 fully saturated rings. The molecule has 0 saturated carbocycles. The maximum atomic E-state index is 13.2. The first-order chi connectivity index (χ1) is 15.3. The molecule has 0 radical (unpaired) electrons. The van der Waals surface area contributed by atoms with Gasteiger partial charge in [-0.25, -0.2) is 9.78 Å². The Morgan fingerprint density at radius 3 is 2.47 bits per heavy atom. The van der Waals surface area contributed by atoms with E-state index in [4.69, 9.17) is 28.3 Å². The lowest BCUT2D eigenvalue weighted by Gasteiger charge is -2.16. The number of nitrogens with one attached hydrogen (secondary N) is 1. The van der Waals surface area contributed by atoms with Crippen LogP contribution in [0.25, 0.3) is 10.9 Å². The van der Waals surface area contributed by atoms with Crippen molar-refractivity contribution in [1.82, 2.24) is 14.9 Å². The van der Waals surface area contributed by atoms with E-state index in [0.29, 0.717) is 27.7 Å². The van der Waals surface area contributed by atoms with Gasteiger partial charge in [0.2, 0.25) is 0 Å². The molecule has 6 nitrogen and oxygen atoms in total. The second-order valence-corrected chi connectivity index (χ2v) is 8.31. The number of amides is 1. The zero-order valence-corrected chi connectivity index (χ0v) is 18.6. The van der Waals surface area contributed by atoms with Crippen LogP contribution in [0.2, 0.25) is 10.0 Å². The third kappa shape index (κ3) is 4.61. The van der Waals surface area contributed by atoms with Crippen LogP contribution in [0.4, 0.5) is 0 Å². The van der Waals surface area contributed by atoms with Crippen molar-refractivity contribution in [3.63, 3.8) is 0 Å². The van der Waals surface area contributed by atoms with Gasteiger partial charge in [-0.15, -0.1) is 0 Å². The molecule has 2 aromatic carbocycles. The van der Waals surface area contributed by atoms with Gasteiger partial charge in [-0.1, -0.05) is 41.4 Å². The van der Waals surface area contributed by atoms with Crippen molar-refractivity contribution in [3.8, 4) is 0 Å². The molecule has 0 aliphatic carbocycles. The number of benzene rings is 2. The van der Waals surface area contributed by atoms with Crippen molar-refractivity contribution >= 4 is 46.0 Å². The van der Waals surface area contributed by atoms with Crippen LogP contribution in [0.3, 0.4) is 0 Å². The zero-order valence-electron chi connectivity index (χ0n) is 17.0. The van der Waals surface area contributed by atoms with E-state index in [1.165, 1.54) is 12.3 Å². The first-order valence-corrected chi connectivity index (χ1v) is 10.6. The molecule has 0 bridgehead atoms. The van der Waals surface area contributed by atoms with Crippen LogP contribution in [-0.4, -0.2) is 26.5 Å². The molecule has 32 heavy (non-hydrogen) atoms. The summed E-state index contributed by atoms with van der Waals surface area (Å²) >= 11 is 12.3. The lowest BCUT2D eigenvalue weighted by Crippen LogP contribution is -2.27. The minimum Gasteiger partial charge on any atom is -0.477 e. The lowest BCUT2D eigenvalue weighted by atomic mass is 10.1. The number of carboxylic acids is 1. The molecule has 162 valence electrons. The molecule has 0 aliphatic rings. The molecule has 2 N–H and O–H groups in total. The van der Waals surface area contributed by atoms with E-state index in [9.17, 15) is 9.59 Å². The highest BCUT2D eigenvalue weighted by Gasteiger charge is 2.18. The van der Waals surface area contributed by atoms with Gasteiger partial charge in [-0.2, -0.15) is 0 Å². The summed E-state index contributed by atoms with van der Waals surface area (Å²) in [7, 11) is 0. The Bertz CT molecular complexity index is 1300. The molecule has 8 heteroatoms. The van der Waals surface area contributed by atoms with Gasteiger partial charge in [0, 0.05) is 34.4 Å². The van der Waals surface area contributed by atoms with Crippen molar-refractivity contribution in [1.29, 1.82) is 0 Å². The molecule has 4 aromatic rings. The van der Waals surface area contributed by atoms with E-state index in [-0.39, 0.29) is 17.6 Å². The van der Waals surface area contributed by atoms with Crippen LogP contribution in [0.1, 0.15) is 44.9 Å². The van der Waals surface area contributed by atoms with Gasteiger partial charge in [-0.05, 0) is 54.4 Å². The number of nitrogens with zero attached hydrogens (tertiary/aromatic N) is 2. The maximum absolute atomic E-state index is 13.2. The average molecular weight is 468 g/mol. The number of fused-ring (bicyclic) bond motifs is 1. The van der Waals surface area contributed by atoms with Crippen LogP contribution >= 0.6 is 23.2 Å². The van der Waals surface area contributed by atoms with Crippen LogP contribution < -0.4 is 5.32 Å². The molecule has 4 rings (SSSR count). The fourth-order valence-electron chi connectivity index (χ4n) is 3.55. The van der Waals surface area contributed by atoms with Crippen LogP contribution in [0, 0.1) is 0 Å². The minimum atomic E-state index is -1.10. The van der Waals surface area contributed by atoms with Crippen molar-refractivity contribution in [2.75, 3.05) is 0 Å². The highest BCUT2D eigenvalue weighted by molar-refractivity contribution is 6.32. The Morgan fingerprint density at radius 2 is 1.81 bits per heavy atom. The number of carbonyl (C=O) groups excluding carboxylic acids is 1. The number of aromatic carboxylic acids is 1. The van der Waals surface area contributed by atoms with E-state index < -0.39 is 5.97 Å². The second kappa shape index (κ2) is 9.02. The monoisotopic (exact) mass is 467 g/mol. The SMILES string of the molecule is CC(NC(=O)c1cc(Cl)cc2ccn(Cc3ccc(Cl)cc3)c12)c1ccc(C(=O)O)nc1. The zero-order chi connectivity index (χ0) is 22.8. The van der Waals surface area contributed by atoms with Crippen molar-refractivity contribution in [3.05, 3.63) is 99.4 Å². The molecule has 1 unspecified atom stereocenters. The predicted octanol–water partition coefficient (Wildman–Crippen LogP) is 5.58. The van der Waals surface area contributed by atoms with Gasteiger partial charge < -0.3 is 15.0 Å². The molecular weight excluding hydrogens is 449 g/mol. The molecule has 1 amide bonds. The molecular formula is C24H19Cl2N3O3. The van der Waals surface area contributed by atoms with Crippen molar-refractivity contribution < 1.29 is 14.7 Å². The average Bonchev–Trinajstić information content (AvgIpc) is 3.17. The topological polar surface area (TPSA) is 84.2 Å². The Morgan fingerprint density at radius 1 is 1.06 bits per heavy atom. The van der Waals surface area contributed by atoms with Crippen LogP contribution in [-0.2, 0) is 6.54 Å². The molecule has 2 heterocycles. The Kier molecular flexibility index (Phi) is 6.17. The number of pyridine rings is 1. The van der Waals surface area contributed by atoms with Crippen molar-refractivity contribution in [2.45, 2.75) is 19.5 Å². The molecule has 1 atom stereocenters. The molecule has 2 aromatic heterocycles. The molecule has 0 saturated heterocycles. The summed E-state index contributed by atoms with van der Waals surface area (Å²) in [4.78, 5) is 28.1.